The van der Waals surface area contributed by atoms with Crippen molar-refractivity contribution in [2.75, 3.05) is 14.2 Å². The average Bonchev–Trinajstić information content (AvgIpc) is 2.27. The summed E-state index contributed by atoms with van der Waals surface area (Å²) in [5, 5.41) is 3.41. The maximum atomic E-state index is 11.1. The smallest absolute Gasteiger partial charge is 0.354 e. The Labute approximate surface area is 91.8 Å². The van der Waals surface area contributed by atoms with Crippen LogP contribution in [0.4, 0.5) is 4.79 Å². The summed E-state index contributed by atoms with van der Waals surface area (Å²) in [5.74, 6) is -1.26. The summed E-state index contributed by atoms with van der Waals surface area (Å²) in [6.07, 6.45) is -0.0650. The van der Waals surface area contributed by atoms with Crippen molar-refractivity contribution in [2.45, 2.75) is 12.8 Å². The van der Waals surface area contributed by atoms with Crippen molar-refractivity contribution < 1.29 is 23.9 Å². The molecule has 0 aliphatic carbocycles. The number of amides is 2. The summed E-state index contributed by atoms with van der Waals surface area (Å²) in [4.78, 5) is 32.3. The zero-order valence-corrected chi connectivity index (χ0v) is 8.98. The molecule has 0 aromatic heterocycles. The molecule has 0 heterocycles. The molecule has 8 nitrogen and oxygen atoms in total. The number of carbonyl (C=O) groups is 3. The quantitative estimate of drug-likeness (QED) is 0.362. The molecule has 0 saturated carbocycles. The van der Waals surface area contributed by atoms with Crippen molar-refractivity contribution in [3.8, 4) is 0 Å². The Morgan fingerprint density at radius 1 is 1.19 bits per heavy atom. The summed E-state index contributed by atoms with van der Waals surface area (Å²) in [6.45, 7) is 0. The van der Waals surface area contributed by atoms with Gasteiger partial charge in [-0.3, -0.25) is 4.79 Å². The van der Waals surface area contributed by atoms with E-state index >= 15 is 0 Å². The molecule has 0 radical (unpaired) electrons. The molecule has 8 heteroatoms. The number of primary amides is 1. The third-order valence-electron chi connectivity index (χ3n) is 1.52. The second kappa shape index (κ2) is 7.21. The minimum atomic E-state index is -0.917. The fourth-order valence-electron chi connectivity index (χ4n) is 0.767. The number of esters is 2. The van der Waals surface area contributed by atoms with Gasteiger partial charge in [-0.25, -0.2) is 15.0 Å². The van der Waals surface area contributed by atoms with E-state index in [-0.39, 0.29) is 18.6 Å². The number of nitrogens with one attached hydrogen (secondary N) is 1. The van der Waals surface area contributed by atoms with Crippen molar-refractivity contribution in [2.24, 2.45) is 10.8 Å². The topological polar surface area (TPSA) is 120 Å². The standard InChI is InChI=1S/C8H13N3O5/c1-15-6(12)4-3-5(7(13)16-2)10-11-8(9)14/h3-4H2,1-2H3,(H3,9,11,14)/b10-5+. The second-order valence-corrected chi connectivity index (χ2v) is 2.60. The Bertz CT molecular complexity index is 313. The molecule has 16 heavy (non-hydrogen) atoms. The van der Waals surface area contributed by atoms with Crippen molar-refractivity contribution in [3.05, 3.63) is 0 Å². The molecule has 3 N–H and O–H groups in total. The van der Waals surface area contributed by atoms with Crippen LogP contribution >= 0.6 is 0 Å². The molecule has 0 aliphatic heterocycles. The Balaban J connectivity index is 4.43. The number of hydrazone groups is 1. The van der Waals surface area contributed by atoms with Crippen LogP contribution in [-0.2, 0) is 19.1 Å². The molecule has 0 aliphatic rings. The van der Waals surface area contributed by atoms with E-state index < -0.39 is 18.0 Å². The van der Waals surface area contributed by atoms with Crippen LogP contribution < -0.4 is 11.2 Å². The zero-order chi connectivity index (χ0) is 12.6. The lowest BCUT2D eigenvalue weighted by molar-refractivity contribution is -0.140. The van der Waals surface area contributed by atoms with Gasteiger partial charge >= 0.3 is 18.0 Å². The predicted octanol–water partition coefficient (Wildman–Crippen LogP) is -0.863. The van der Waals surface area contributed by atoms with Crippen LogP contribution in [0.5, 0.6) is 0 Å². The van der Waals surface area contributed by atoms with E-state index in [9.17, 15) is 14.4 Å². The number of hydrogen-bond acceptors (Lipinski definition) is 6. The molecule has 0 atom stereocenters. The molecule has 0 saturated heterocycles. The first kappa shape index (κ1) is 13.9. The minimum absolute atomic E-state index is 0.0143. The molecular formula is C8H13N3O5. The Hall–Kier alpha value is -2.12. The zero-order valence-electron chi connectivity index (χ0n) is 8.98. The summed E-state index contributed by atoms with van der Waals surface area (Å²) in [5.41, 5.74) is 6.52. The predicted molar refractivity (Wildman–Crippen MR) is 53.4 cm³/mol. The van der Waals surface area contributed by atoms with Crippen molar-refractivity contribution in [3.63, 3.8) is 0 Å². The van der Waals surface area contributed by atoms with Gasteiger partial charge in [-0.05, 0) is 0 Å². The summed E-state index contributed by atoms with van der Waals surface area (Å²) >= 11 is 0. The van der Waals surface area contributed by atoms with Gasteiger partial charge in [0.1, 0.15) is 5.71 Å². The van der Waals surface area contributed by atoms with Crippen LogP contribution in [0.15, 0.2) is 5.10 Å². The molecule has 0 bridgehead atoms. The largest absolute Gasteiger partial charge is 0.469 e. The molecule has 0 spiro atoms. The molecule has 0 aromatic carbocycles. The number of methoxy groups -OCH3 is 2. The van der Waals surface area contributed by atoms with Crippen LogP contribution in [0, 0.1) is 0 Å². The number of rotatable bonds is 5. The molecule has 90 valence electrons. The van der Waals surface area contributed by atoms with Gasteiger partial charge in [0.15, 0.2) is 0 Å². The first-order valence-corrected chi connectivity index (χ1v) is 4.28. The van der Waals surface area contributed by atoms with Crippen LogP contribution in [0.1, 0.15) is 12.8 Å². The fourth-order valence-corrected chi connectivity index (χ4v) is 0.767. The average molecular weight is 231 g/mol. The number of nitrogens with two attached hydrogens (primary N) is 1. The SMILES string of the molecule is COC(=O)CC/C(=N\NC(N)=O)C(=O)OC. The second-order valence-electron chi connectivity index (χ2n) is 2.60. The lowest BCUT2D eigenvalue weighted by Crippen LogP contribution is -2.28. The number of carbonyl (C=O) groups excluding carboxylic acids is 3. The third kappa shape index (κ3) is 5.58. The lowest BCUT2D eigenvalue weighted by Gasteiger charge is -2.03. The van der Waals surface area contributed by atoms with E-state index in [1.54, 1.807) is 0 Å². The number of hydrogen-bond donors (Lipinski definition) is 2. The molecule has 0 rings (SSSR count). The highest BCUT2D eigenvalue weighted by molar-refractivity contribution is 6.36. The molecule has 0 aromatic rings. The van der Waals surface area contributed by atoms with Crippen LogP contribution in [0.25, 0.3) is 0 Å². The third-order valence-corrected chi connectivity index (χ3v) is 1.52. The van der Waals surface area contributed by atoms with Gasteiger partial charge in [-0.1, -0.05) is 0 Å². The highest BCUT2D eigenvalue weighted by atomic mass is 16.5. The van der Waals surface area contributed by atoms with E-state index in [0.717, 1.165) is 7.11 Å². The first-order valence-electron chi connectivity index (χ1n) is 4.28. The van der Waals surface area contributed by atoms with Gasteiger partial charge in [-0.2, -0.15) is 5.10 Å². The monoisotopic (exact) mass is 231 g/mol. The van der Waals surface area contributed by atoms with Crippen molar-refractivity contribution in [1.82, 2.24) is 5.43 Å². The van der Waals surface area contributed by atoms with Crippen LogP contribution in [0.3, 0.4) is 0 Å². The van der Waals surface area contributed by atoms with E-state index in [1.165, 1.54) is 7.11 Å². The van der Waals surface area contributed by atoms with E-state index in [2.05, 4.69) is 14.6 Å². The lowest BCUT2D eigenvalue weighted by atomic mass is 10.2. The Morgan fingerprint density at radius 3 is 2.25 bits per heavy atom. The van der Waals surface area contributed by atoms with E-state index in [0.29, 0.717) is 0 Å². The minimum Gasteiger partial charge on any atom is -0.469 e. The maximum absolute atomic E-state index is 11.1. The van der Waals surface area contributed by atoms with Gasteiger partial charge in [0.05, 0.1) is 20.6 Å². The summed E-state index contributed by atoms with van der Waals surface area (Å²) in [7, 11) is 2.37. The molecule has 2 amide bonds. The first-order chi connectivity index (χ1) is 7.51. The van der Waals surface area contributed by atoms with Gasteiger partial charge in [0.25, 0.3) is 0 Å². The van der Waals surface area contributed by atoms with E-state index in [1.807, 2.05) is 5.43 Å². The number of ether oxygens (including phenoxy) is 2. The normalized spacial score (nSPS) is 10.5. The molecule has 0 unspecified atom stereocenters. The van der Waals surface area contributed by atoms with Crippen molar-refractivity contribution >= 4 is 23.7 Å². The number of nitrogens with zero attached hydrogens (tertiary/aromatic N) is 1. The van der Waals surface area contributed by atoms with Crippen LogP contribution in [0.2, 0.25) is 0 Å². The summed E-state index contributed by atoms with van der Waals surface area (Å²) in [6, 6.07) is -0.917. The van der Waals surface area contributed by atoms with Crippen molar-refractivity contribution in [1.29, 1.82) is 0 Å². The Kier molecular flexibility index (Phi) is 6.25. The van der Waals surface area contributed by atoms with Gasteiger partial charge in [0, 0.05) is 6.42 Å². The van der Waals surface area contributed by atoms with Gasteiger partial charge in [0.2, 0.25) is 0 Å². The van der Waals surface area contributed by atoms with Gasteiger partial charge in [-0.15, -0.1) is 0 Å². The highest BCUT2D eigenvalue weighted by Gasteiger charge is 2.14. The Morgan fingerprint density at radius 2 is 1.81 bits per heavy atom. The molecular weight excluding hydrogens is 218 g/mol. The van der Waals surface area contributed by atoms with E-state index in [4.69, 9.17) is 5.73 Å². The maximum Gasteiger partial charge on any atom is 0.354 e. The molecule has 0 fully saturated rings. The van der Waals surface area contributed by atoms with Gasteiger partial charge < -0.3 is 15.2 Å². The number of urea groups is 1. The highest BCUT2D eigenvalue weighted by Crippen LogP contribution is 1.97. The fraction of sp³-hybridized carbons (Fsp3) is 0.500. The summed E-state index contributed by atoms with van der Waals surface area (Å²) < 4.78 is 8.78. The van der Waals surface area contributed by atoms with Crippen LogP contribution in [-0.4, -0.2) is 37.9 Å².